The first-order valence-corrected chi connectivity index (χ1v) is 11.3. The Morgan fingerprint density at radius 1 is 1.06 bits per heavy atom. The van der Waals surface area contributed by atoms with E-state index in [0.717, 1.165) is 76.7 Å². The summed E-state index contributed by atoms with van der Waals surface area (Å²) in [4.78, 5) is 31.1. The van der Waals surface area contributed by atoms with Crippen LogP contribution in [0.15, 0.2) is 42.7 Å². The molecule has 2 aliphatic rings. The number of carbonyl (C=O) groups is 1. The van der Waals surface area contributed by atoms with Gasteiger partial charge in [0, 0.05) is 58.2 Å². The molecule has 7 heteroatoms. The monoisotopic (exact) mass is 422 g/mol. The maximum Gasteiger partial charge on any atom is 0.227 e. The minimum atomic E-state index is 0.104. The number of nitrogens with zero attached hydrogens (tertiary/aromatic N) is 6. The molecular formula is C24H34N6O. The zero-order valence-corrected chi connectivity index (χ0v) is 18.8. The van der Waals surface area contributed by atoms with E-state index in [0.29, 0.717) is 5.91 Å². The number of rotatable bonds is 6. The fourth-order valence-corrected chi connectivity index (χ4v) is 4.60. The molecule has 7 nitrogen and oxygen atoms in total. The van der Waals surface area contributed by atoms with E-state index in [2.05, 4.69) is 61.9 Å². The molecule has 0 bridgehead atoms. The molecule has 2 aromatic heterocycles. The van der Waals surface area contributed by atoms with Gasteiger partial charge in [0.05, 0.1) is 11.6 Å². The van der Waals surface area contributed by atoms with Gasteiger partial charge in [0.2, 0.25) is 5.91 Å². The fourth-order valence-electron chi connectivity index (χ4n) is 4.60. The Labute approximate surface area is 185 Å². The van der Waals surface area contributed by atoms with Crippen LogP contribution >= 0.6 is 0 Å². The first-order chi connectivity index (χ1) is 15.1. The Balaban J connectivity index is 1.27. The van der Waals surface area contributed by atoms with Gasteiger partial charge in [-0.1, -0.05) is 12.1 Å². The molecule has 2 aromatic rings. The number of hydrogen-bond donors (Lipinski definition) is 0. The second kappa shape index (κ2) is 10.2. The molecule has 0 N–H and O–H groups in total. The lowest BCUT2D eigenvalue weighted by atomic mass is 9.96. The lowest BCUT2D eigenvalue weighted by molar-refractivity contribution is -0.137. The molecule has 2 aliphatic heterocycles. The molecule has 4 rings (SSSR count). The van der Waals surface area contributed by atoms with Crippen LogP contribution in [0.5, 0.6) is 0 Å². The van der Waals surface area contributed by atoms with E-state index in [4.69, 9.17) is 0 Å². The molecule has 31 heavy (non-hydrogen) atoms. The summed E-state index contributed by atoms with van der Waals surface area (Å²) in [6.07, 6.45) is 5.87. The largest absolute Gasteiger partial charge is 0.353 e. The third kappa shape index (κ3) is 5.80. The van der Waals surface area contributed by atoms with Crippen molar-refractivity contribution in [2.75, 3.05) is 58.3 Å². The van der Waals surface area contributed by atoms with Gasteiger partial charge >= 0.3 is 0 Å². The molecule has 1 amide bonds. The topological polar surface area (TPSA) is 55.8 Å². The lowest BCUT2D eigenvalue weighted by Crippen LogP contribution is -2.52. The van der Waals surface area contributed by atoms with Crippen molar-refractivity contribution in [2.24, 2.45) is 5.92 Å². The van der Waals surface area contributed by atoms with Crippen LogP contribution in [-0.4, -0.2) is 83.9 Å². The average Bonchev–Trinajstić information content (AvgIpc) is 2.80. The minimum absolute atomic E-state index is 0.104. The van der Waals surface area contributed by atoms with Crippen molar-refractivity contribution in [3.8, 4) is 0 Å². The van der Waals surface area contributed by atoms with E-state index in [1.54, 1.807) is 0 Å². The number of aromatic nitrogens is 2. The highest BCUT2D eigenvalue weighted by Crippen LogP contribution is 2.22. The third-order valence-corrected chi connectivity index (χ3v) is 6.19. The average molecular weight is 423 g/mol. The van der Waals surface area contributed by atoms with Gasteiger partial charge in [-0.3, -0.25) is 14.7 Å². The Hall–Kier alpha value is -2.51. The first kappa shape index (κ1) is 21.7. The second-order valence-electron chi connectivity index (χ2n) is 8.97. The maximum atomic E-state index is 13.2. The minimum Gasteiger partial charge on any atom is -0.353 e. The molecule has 2 saturated heterocycles. The number of anilines is 1. The number of piperazine rings is 1. The van der Waals surface area contributed by atoms with Crippen molar-refractivity contribution in [1.29, 1.82) is 0 Å². The molecule has 4 heterocycles. The lowest BCUT2D eigenvalue weighted by Gasteiger charge is -2.39. The van der Waals surface area contributed by atoms with Crippen LogP contribution in [0.2, 0.25) is 0 Å². The Kier molecular flexibility index (Phi) is 7.14. The molecule has 0 spiro atoms. The van der Waals surface area contributed by atoms with Crippen LogP contribution in [0.25, 0.3) is 0 Å². The van der Waals surface area contributed by atoms with Crippen LogP contribution < -0.4 is 4.90 Å². The molecule has 166 valence electrons. The van der Waals surface area contributed by atoms with Crippen LogP contribution in [-0.2, 0) is 17.9 Å². The Morgan fingerprint density at radius 2 is 1.90 bits per heavy atom. The predicted octanol–water partition coefficient (Wildman–Crippen LogP) is 2.10. The zero-order chi connectivity index (χ0) is 21.6. The van der Waals surface area contributed by atoms with Crippen molar-refractivity contribution in [3.05, 3.63) is 54.0 Å². The van der Waals surface area contributed by atoms with Gasteiger partial charge < -0.3 is 14.7 Å². The summed E-state index contributed by atoms with van der Waals surface area (Å²) in [5, 5.41) is 0. The van der Waals surface area contributed by atoms with Crippen molar-refractivity contribution in [3.63, 3.8) is 0 Å². The van der Waals surface area contributed by atoms with E-state index in [-0.39, 0.29) is 5.92 Å². The van der Waals surface area contributed by atoms with Gasteiger partial charge in [0.15, 0.2) is 0 Å². The van der Waals surface area contributed by atoms with Crippen LogP contribution in [0.1, 0.15) is 24.1 Å². The molecule has 0 radical (unpaired) electrons. The maximum absolute atomic E-state index is 13.2. The van der Waals surface area contributed by atoms with E-state index >= 15 is 0 Å². The first-order valence-electron chi connectivity index (χ1n) is 11.3. The highest BCUT2D eigenvalue weighted by Gasteiger charge is 2.31. The highest BCUT2D eigenvalue weighted by atomic mass is 16.2. The van der Waals surface area contributed by atoms with Gasteiger partial charge in [0.25, 0.3) is 0 Å². The number of piperidine rings is 1. The van der Waals surface area contributed by atoms with Crippen LogP contribution in [0.3, 0.4) is 0 Å². The van der Waals surface area contributed by atoms with Gasteiger partial charge in [-0.25, -0.2) is 4.98 Å². The summed E-state index contributed by atoms with van der Waals surface area (Å²) in [7, 11) is 4.13. The predicted molar refractivity (Wildman–Crippen MR) is 123 cm³/mol. The molecule has 1 unspecified atom stereocenters. The van der Waals surface area contributed by atoms with Gasteiger partial charge in [0.1, 0.15) is 5.82 Å². The quantitative estimate of drug-likeness (QED) is 0.711. The number of pyridine rings is 2. The molecule has 1 atom stereocenters. The molecule has 0 aliphatic carbocycles. The van der Waals surface area contributed by atoms with Gasteiger partial charge in [-0.2, -0.15) is 0 Å². The summed E-state index contributed by atoms with van der Waals surface area (Å²) in [6.45, 7) is 6.84. The number of amides is 1. The number of likely N-dealkylation sites (tertiary alicyclic amines) is 1. The Morgan fingerprint density at radius 3 is 2.58 bits per heavy atom. The molecule has 0 saturated carbocycles. The highest BCUT2D eigenvalue weighted by molar-refractivity contribution is 5.79. The van der Waals surface area contributed by atoms with E-state index in [1.807, 2.05) is 24.5 Å². The van der Waals surface area contributed by atoms with E-state index in [9.17, 15) is 4.79 Å². The third-order valence-electron chi connectivity index (χ3n) is 6.19. The summed E-state index contributed by atoms with van der Waals surface area (Å²) in [5.41, 5.74) is 2.29. The van der Waals surface area contributed by atoms with Gasteiger partial charge in [-0.05, 0) is 57.2 Å². The molecular weight excluding hydrogens is 388 g/mol. The van der Waals surface area contributed by atoms with Crippen LogP contribution in [0.4, 0.5) is 5.82 Å². The second-order valence-corrected chi connectivity index (χ2v) is 8.97. The smallest absolute Gasteiger partial charge is 0.227 e. The summed E-state index contributed by atoms with van der Waals surface area (Å²) in [5.74, 6) is 1.43. The van der Waals surface area contributed by atoms with Crippen molar-refractivity contribution in [2.45, 2.75) is 25.9 Å². The Bertz CT molecular complexity index is 833. The van der Waals surface area contributed by atoms with E-state index in [1.165, 1.54) is 5.56 Å². The van der Waals surface area contributed by atoms with Crippen LogP contribution in [0, 0.1) is 5.92 Å². The van der Waals surface area contributed by atoms with Crippen molar-refractivity contribution >= 4 is 11.7 Å². The molecule has 2 fully saturated rings. The standard InChI is InChI=1S/C24H34N6O/c1-27(2)17-20-8-9-23(26-16-20)29-12-14-30(15-13-29)24(31)21-6-5-11-28(18-21)19-22-7-3-4-10-25-22/h3-4,7-10,16,21H,5-6,11-15,17-19H2,1-2H3. The molecule has 0 aromatic carbocycles. The number of carbonyl (C=O) groups excluding carboxylic acids is 1. The number of hydrogen-bond acceptors (Lipinski definition) is 6. The van der Waals surface area contributed by atoms with Crippen molar-refractivity contribution in [1.82, 2.24) is 24.7 Å². The zero-order valence-electron chi connectivity index (χ0n) is 18.8. The van der Waals surface area contributed by atoms with Gasteiger partial charge in [-0.15, -0.1) is 0 Å². The SMILES string of the molecule is CN(C)Cc1ccc(N2CCN(C(=O)C3CCCN(Cc4ccccn4)C3)CC2)nc1. The van der Waals surface area contributed by atoms with Crippen molar-refractivity contribution < 1.29 is 4.79 Å². The summed E-state index contributed by atoms with van der Waals surface area (Å²) in [6, 6.07) is 10.3. The van der Waals surface area contributed by atoms with E-state index < -0.39 is 0 Å². The summed E-state index contributed by atoms with van der Waals surface area (Å²) >= 11 is 0. The fraction of sp³-hybridized carbons (Fsp3) is 0.542. The summed E-state index contributed by atoms with van der Waals surface area (Å²) < 4.78 is 0. The normalized spacial score (nSPS) is 20.3.